The van der Waals surface area contributed by atoms with E-state index in [0.29, 0.717) is 59.3 Å². The first-order valence-corrected chi connectivity index (χ1v) is 12.8. The van der Waals surface area contributed by atoms with E-state index in [1.807, 2.05) is 37.3 Å². The average Bonchev–Trinajstić information content (AvgIpc) is 3.47. The Kier molecular flexibility index (Phi) is 5.51. The van der Waals surface area contributed by atoms with Gasteiger partial charge in [-0.1, -0.05) is 30.3 Å². The number of benzene rings is 3. The summed E-state index contributed by atoms with van der Waals surface area (Å²) in [6, 6.07) is 20.0. The molecule has 2 bridgehead atoms. The summed E-state index contributed by atoms with van der Waals surface area (Å²) in [4.78, 5) is 40.5. The van der Waals surface area contributed by atoms with Gasteiger partial charge in [0.05, 0.1) is 47.0 Å². The average molecular weight is 510 g/mol. The van der Waals surface area contributed by atoms with Gasteiger partial charge in [0.2, 0.25) is 17.7 Å². The first kappa shape index (κ1) is 24.1. The van der Waals surface area contributed by atoms with Crippen LogP contribution < -0.4 is 15.0 Å². The van der Waals surface area contributed by atoms with Gasteiger partial charge in [-0.3, -0.25) is 14.4 Å². The molecule has 4 atom stereocenters. The number of carbonyl (C=O) groups excluding carboxylic acids is 3. The van der Waals surface area contributed by atoms with E-state index in [0.717, 1.165) is 0 Å². The van der Waals surface area contributed by atoms with Crippen LogP contribution in [0, 0.1) is 23.2 Å². The van der Waals surface area contributed by atoms with Crippen LogP contribution in [0.25, 0.3) is 10.8 Å². The number of anilines is 2. The van der Waals surface area contributed by atoms with Crippen LogP contribution in [0.5, 0.6) is 5.75 Å². The van der Waals surface area contributed by atoms with E-state index in [1.165, 1.54) is 11.8 Å². The molecule has 1 N–H and O–H groups in total. The number of nitrogens with zero attached hydrogens (tertiary/aromatic N) is 2. The Morgan fingerprint density at radius 2 is 1.84 bits per heavy atom. The number of carbonyl (C=O) groups is 3. The lowest BCUT2D eigenvalue weighted by Crippen LogP contribution is -2.43. The second kappa shape index (κ2) is 8.67. The molecule has 3 aliphatic heterocycles. The van der Waals surface area contributed by atoms with Gasteiger partial charge in [0.1, 0.15) is 5.75 Å². The van der Waals surface area contributed by atoms with Gasteiger partial charge in [-0.2, -0.15) is 5.26 Å². The maximum atomic E-state index is 14.0. The molecule has 3 fully saturated rings. The van der Waals surface area contributed by atoms with E-state index < -0.39 is 23.0 Å². The Bertz CT molecular complexity index is 1540. The number of rotatable bonds is 6. The Hall–Kier alpha value is -4.22. The van der Waals surface area contributed by atoms with Crippen molar-refractivity contribution in [3.63, 3.8) is 0 Å². The second-order valence-corrected chi connectivity index (χ2v) is 10.5. The third-order valence-corrected chi connectivity index (χ3v) is 8.22. The van der Waals surface area contributed by atoms with Crippen LogP contribution in [0.1, 0.15) is 38.7 Å². The van der Waals surface area contributed by atoms with Gasteiger partial charge in [0.15, 0.2) is 0 Å². The van der Waals surface area contributed by atoms with E-state index >= 15 is 0 Å². The topological polar surface area (TPSA) is 109 Å². The largest absolute Gasteiger partial charge is 0.493 e. The molecule has 3 saturated heterocycles. The lowest BCUT2D eigenvalue weighted by atomic mass is 9.67. The molecular formula is C30H27N3O5. The van der Waals surface area contributed by atoms with Crippen molar-refractivity contribution in [2.45, 2.75) is 44.3 Å². The van der Waals surface area contributed by atoms with Gasteiger partial charge in [-0.05, 0) is 44.0 Å². The van der Waals surface area contributed by atoms with Crippen molar-refractivity contribution in [3.8, 4) is 11.8 Å². The summed E-state index contributed by atoms with van der Waals surface area (Å²) in [5.41, 5.74) is 0.127. The molecule has 0 radical (unpaired) electrons. The molecule has 0 aliphatic carbocycles. The Balaban J connectivity index is 1.28. The lowest BCUT2D eigenvalue weighted by molar-refractivity contribution is -0.131. The molecule has 3 aromatic carbocycles. The molecule has 0 spiro atoms. The minimum absolute atomic E-state index is 0.166. The van der Waals surface area contributed by atoms with Gasteiger partial charge >= 0.3 is 0 Å². The maximum Gasteiger partial charge on any atom is 0.240 e. The number of hydrogen-bond acceptors (Lipinski definition) is 6. The molecule has 8 heteroatoms. The van der Waals surface area contributed by atoms with Gasteiger partial charge < -0.3 is 14.8 Å². The molecule has 0 unspecified atom stereocenters. The van der Waals surface area contributed by atoms with Gasteiger partial charge in [0, 0.05) is 35.9 Å². The van der Waals surface area contributed by atoms with Gasteiger partial charge in [-0.15, -0.1) is 0 Å². The summed E-state index contributed by atoms with van der Waals surface area (Å²) in [5.74, 6) is -1.24. The highest BCUT2D eigenvalue weighted by Crippen LogP contribution is 2.62. The highest BCUT2D eigenvalue weighted by molar-refractivity contribution is 6.26. The maximum absolute atomic E-state index is 14.0. The lowest BCUT2D eigenvalue weighted by Gasteiger charge is -2.31. The summed E-state index contributed by atoms with van der Waals surface area (Å²) in [6.45, 7) is 3.67. The molecule has 8 nitrogen and oxygen atoms in total. The zero-order chi connectivity index (χ0) is 26.7. The first-order valence-electron chi connectivity index (χ1n) is 12.8. The molecule has 0 aromatic heterocycles. The summed E-state index contributed by atoms with van der Waals surface area (Å²) < 4.78 is 12.5. The van der Waals surface area contributed by atoms with Gasteiger partial charge in [0.25, 0.3) is 0 Å². The van der Waals surface area contributed by atoms with E-state index in [4.69, 9.17) is 9.47 Å². The van der Waals surface area contributed by atoms with Crippen molar-refractivity contribution >= 4 is 39.9 Å². The standard InChI is InChI=1S/C30H27N3O5/c1-18(34)32-20-6-5-7-21(16-20)37-15-14-30-13-12-29(2,38-30)25-26(30)28(36)33(27(25)35)24-11-10-19(17-31)22-8-3-4-9-23(22)24/h3-11,16,25-26H,12-15H2,1-2H3,(H,32,34)/t25-,26+,29-,30-/m0/s1. The molecule has 0 saturated carbocycles. The third-order valence-electron chi connectivity index (χ3n) is 8.22. The Morgan fingerprint density at radius 3 is 2.61 bits per heavy atom. The van der Waals surface area contributed by atoms with Crippen molar-refractivity contribution in [1.82, 2.24) is 0 Å². The highest BCUT2D eigenvalue weighted by Gasteiger charge is 2.73. The van der Waals surface area contributed by atoms with Crippen LogP contribution in [-0.4, -0.2) is 35.5 Å². The first-order chi connectivity index (χ1) is 18.3. The predicted octanol–water partition coefficient (Wildman–Crippen LogP) is 4.57. The molecule has 6 rings (SSSR count). The molecule has 38 heavy (non-hydrogen) atoms. The van der Waals surface area contributed by atoms with Crippen LogP contribution in [0.2, 0.25) is 0 Å². The summed E-state index contributed by atoms with van der Waals surface area (Å²) >= 11 is 0. The van der Waals surface area contributed by atoms with Crippen molar-refractivity contribution in [3.05, 3.63) is 66.2 Å². The second-order valence-electron chi connectivity index (χ2n) is 10.5. The number of amides is 3. The van der Waals surface area contributed by atoms with E-state index in [1.54, 1.807) is 30.3 Å². The fourth-order valence-corrected chi connectivity index (χ4v) is 6.63. The number of ether oxygens (including phenoxy) is 2. The van der Waals surface area contributed by atoms with Crippen LogP contribution >= 0.6 is 0 Å². The van der Waals surface area contributed by atoms with Crippen LogP contribution in [0.15, 0.2) is 60.7 Å². The summed E-state index contributed by atoms with van der Waals surface area (Å²) in [5, 5.41) is 13.7. The quantitative estimate of drug-likeness (QED) is 0.488. The minimum atomic E-state index is -0.793. The fraction of sp³-hybridized carbons (Fsp3) is 0.333. The summed E-state index contributed by atoms with van der Waals surface area (Å²) in [7, 11) is 0. The number of fused-ring (bicyclic) bond motifs is 6. The fourth-order valence-electron chi connectivity index (χ4n) is 6.63. The number of imide groups is 1. The van der Waals surface area contributed by atoms with Crippen molar-refractivity contribution in [1.29, 1.82) is 5.26 Å². The third kappa shape index (κ3) is 3.57. The van der Waals surface area contributed by atoms with E-state index in [2.05, 4.69) is 11.4 Å². The molecule has 3 amide bonds. The van der Waals surface area contributed by atoms with Crippen LogP contribution in [-0.2, 0) is 19.1 Å². The van der Waals surface area contributed by atoms with Crippen LogP contribution in [0.4, 0.5) is 11.4 Å². The monoisotopic (exact) mass is 509 g/mol. The molecule has 3 heterocycles. The molecular weight excluding hydrogens is 482 g/mol. The Labute approximate surface area is 220 Å². The van der Waals surface area contributed by atoms with Crippen LogP contribution in [0.3, 0.4) is 0 Å². The highest BCUT2D eigenvalue weighted by atomic mass is 16.5. The van der Waals surface area contributed by atoms with Gasteiger partial charge in [-0.25, -0.2) is 4.90 Å². The van der Waals surface area contributed by atoms with Crippen molar-refractivity contribution in [2.24, 2.45) is 11.8 Å². The normalized spacial score (nSPS) is 27.4. The minimum Gasteiger partial charge on any atom is -0.493 e. The Morgan fingerprint density at radius 1 is 1.08 bits per heavy atom. The number of hydrogen-bond donors (Lipinski definition) is 1. The van der Waals surface area contributed by atoms with E-state index in [-0.39, 0.29) is 17.7 Å². The zero-order valence-corrected chi connectivity index (χ0v) is 21.2. The van der Waals surface area contributed by atoms with E-state index in [9.17, 15) is 19.6 Å². The molecule has 192 valence electrons. The number of nitriles is 1. The zero-order valence-electron chi connectivity index (χ0n) is 21.2. The molecule has 3 aromatic rings. The smallest absolute Gasteiger partial charge is 0.240 e. The van der Waals surface area contributed by atoms with Crippen molar-refractivity contribution in [2.75, 3.05) is 16.8 Å². The molecule has 3 aliphatic rings. The van der Waals surface area contributed by atoms with Crippen molar-refractivity contribution < 1.29 is 23.9 Å². The SMILES string of the molecule is CC(=O)Nc1cccc(OCC[C@]23CC[C@](C)(O2)[C@@H]2C(=O)N(c4ccc(C#N)c5ccccc45)C(=O)[C@@H]23)c1. The number of nitrogens with one attached hydrogen (secondary N) is 1. The predicted molar refractivity (Wildman–Crippen MR) is 140 cm³/mol. The summed E-state index contributed by atoms with van der Waals surface area (Å²) in [6.07, 6.45) is 1.81.